The topological polar surface area (TPSA) is 51.1 Å². The second-order valence-corrected chi connectivity index (χ2v) is 5.95. The quantitative estimate of drug-likeness (QED) is 0.732. The number of hydrogen-bond donors (Lipinski definition) is 0. The summed E-state index contributed by atoms with van der Waals surface area (Å²) in [4.78, 5) is 14.8. The van der Waals surface area contributed by atoms with Crippen LogP contribution in [0, 0.1) is 5.92 Å². The Hall–Kier alpha value is -1.10. The summed E-state index contributed by atoms with van der Waals surface area (Å²) in [7, 11) is 0. The first-order valence-electron chi connectivity index (χ1n) is 8.02. The minimum atomic E-state index is 0.212. The van der Waals surface area contributed by atoms with Crippen molar-refractivity contribution in [1.29, 1.82) is 0 Å². The lowest BCUT2D eigenvalue weighted by Gasteiger charge is -2.17. The molecule has 1 aromatic rings. The van der Waals surface area contributed by atoms with Crippen LogP contribution in [0.25, 0.3) is 0 Å². The summed E-state index contributed by atoms with van der Waals surface area (Å²) in [6.45, 7) is 7.01. The number of rotatable bonds is 8. The number of unbranched alkanes of at least 4 members (excludes halogenated alkanes) is 1. The van der Waals surface area contributed by atoms with Crippen LogP contribution in [-0.2, 0) is 0 Å². The Morgan fingerprint density at radius 1 is 1.19 bits per heavy atom. The first-order chi connectivity index (χ1) is 10.2. The fourth-order valence-electron chi connectivity index (χ4n) is 2.54. The van der Waals surface area contributed by atoms with Crippen LogP contribution in [-0.4, -0.2) is 34.6 Å². The first-order valence-corrected chi connectivity index (χ1v) is 8.40. The molecule has 0 N–H and O–H groups in total. The van der Waals surface area contributed by atoms with Crippen molar-refractivity contribution < 1.29 is 4.74 Å². The van der Waals surface area contributed by atoms with Gasteiger partial charge in [0.05, 0.1) is 6.61 Å². The Morgan fingerprint density at radius 3 is 2.62 bits per heavy atom. The van der Waals surface area contributed by atoms with Gasteiger partial charge in [-0.25, -0.2) is 0 Å². The molecule has 0 saturated carbocycles. The average Bonchev–Trinajstić information content (AvgIpc) is 3.01. The van der Waals surface area contributed by atoms with Crippen molar-refractivity contribution >= 4 is 17.5 Å². The third kappa shape index (κ3) is 4.99. The van der Waals surface area contributed by atoms with Crippen LogP contribution in [0.2, 0.25) is 5.28 Å². The maximum atomic E-state index is 5.99. The number of aromatic nitrogens is 3. The van der Waals surface area contributed by atoms with Crippen molar-refractivity contribution in [3.05, 3.63) is 5.28 Å². The largest absolute Gasteiger partial charge is 0.463 e. The van der Waals surface area contributed by atoms with Gasteiger partial charge in [0.25, 0.3) is 0 Å². The van der Waals surface area contributed by atoms with Crippen molar-refractivity contribution in [3.8, 4) is 6.01 Å². The molecule has 0 spiro atoms. The standard InChI is InChI=1S/C15H25ClN4O/c1-3-5-8-12(4-2)11-21-15-18-13(16)17-14(19-15)20-9-6-7-10-20/h12H,3-11H2,1-2H3. The van der Waals surface area contributed by atoms with E-state index in [-0.39, 0.29) is 5.28 Å². The zero-order valence-corrected chi connectivity index (χ0v) is 13.8. The van der Waals surface area contributed by atoms with Gasteiger partial charge in [-0.1, -0.05) is 33.1 Å². The predicted octanol–water partition coefficient (Wildman–Crippen LogP) is 3.72. The molecule has 0 radical (unpaired) electrons. The lowest BCUT2D eigenvalue weighted by Crippen LogP contribution is -2.21. The molecule has 1 atom stereocenters. The van der Waals surface area contributed by atoms with Gasteiger partial charge in [-0.15, -0.1) is 0 Å². The highest BCUT2D eigenvalue weighted by molar-refractivity contribution is 6.28. The SMILES string of the molecule is CCCCC(CC)COc1nc(Cl)nc(N2CCCC2)n1. The second-order valence-electron chi connectivity index (χ2n) is 5.61. The summed E-state index contributed by atoms with van der Waals surface area (Å²) in [5.74, 6) is 1.19. The molecule has 0 aliphatic carbocycles. The molecule has 0 bridgehead atoms. The highest BCUT2D eigenvalue weighted by Gasteiger charge is 2.18. The molecule has 1 unspecified atom stereocenters. The van der Waals surface area contributed by atoms with E-state index in [0.29, 0.717) is 24.5 Å². The fourth-order valence-corrected chi connectivity index (χ4v) is 2.68. The minimum Gasteiger partial charge on any atom is -0.463 e. The van der Waals surface area contributed by atoms with Gasteiger partial charge in [0.2, 0.25) is 11.2 Å². The van der Waals surface area contributed by atoms with Gasteiger partial charge in [-0.3, -0.25) is 0 Å². The van der Waals surface area contributed by atoms with Crippen LogP contribution < -0.4 is 9.64 Å². The lowest BCUT2D eigenvalue weighted by molar-refractivity contribution is 0.217. The highest BCUT2D eigenvalue weighted by atomic mass is 35.5. The Labute approximate surface area is 132 Å². The number of halogens is 1. The van der Waals surface area contributed by atoms with E-state index in [9.17, 15) is 0 Å². The Bertz CT molecular complexity index is 438. The zero-order valence-electron chi connectivity index (χ0n) is 13.0. The molecule has 1 aliphatic rings. The maximum Gasteiger partial charge on any atom is 0.322 e. The summed E-state index contributed by atoms with van der Waals surface area (Å²) >= 11 is 5.99. The number of hydrogen-bond acceptors (Lipinski definition) is 5. The molecule has 118 valence electrons. The van der Waals surface area contributed by atoms with Crippen LogP contribution in [0.15, 0.2) is 0 Å². The van der Waals surface area contributed by atoms with Gasteiger partial charge >= 0.3 is 6.01 Å². The van der Waals surface area contributed by atoms with E-state index in [0.717, 1.165) is 19.5 Å². The molecule has 2 heterocycles. The van der Waals surface area contributed by atoms with Crippen molar-refractivity contribution in [2.75, 3.05) is 24.6 Å². The minimum absolute atomic E-state index is 0.212. The van der Waals surface area contributed by atoms with Gasteiger partial charge in [-0.05, 0) is 36.8 Å². The molecule has 1 fully saturated rings. The van der Waals surface area contributed by atoms with Crippen molar-refractivity contribution in [2.24, 2.45) is 5.92 Å². The van der Waals surface area contributed by atoms with Gasteiger partial charge in [0, 0.05) is 13.1 Å². The number of nitrogens with zero attached hydrogens (tertiary/aromatic N) is 4. The number of ether oxygens (including phenoxy) is 1. The Balaban J connectivity index is 1.95. The summed E-state index contributed by atoms with van der Waals surface area (Å²) in [6.07, 6.45) is 7.09. The average molecular weight is 313 g/mol. The predicted molar refractivity (Wildman–Crippen MR) is 85.1 cm³/mol. The van der Waals surface area contributed by atoms with E-state index in [1.807, 2.05) is 0 Å². The van der Waals surface area contributed by atoms with Crippen LogP contribution in [0.3, 0.4) is 0 Å². The molecule has 6 heteroatoms. The van der Waals surface area contributed by atoms with Crippen LogP contribution in [0.5, 0.6) is 6.01 Å². The molecular weight excluding hydrogens is 288 g/mol. The monoisotopic (exact) mass is 312 g/mol. The van der Waals surface area contributed by atoms with Crippen LogP contribution in [0.4, 0.5) is 5.95 Å². The summed E-state index contributed by atoms with van der Waals surface area (Å²) < 4.78 is 5.76. The second kappa shape index (κ2) is 8.37. The van der Waals surface area contributed by atoms with Crippen molar-refractivity contribution in [1.82, 2.24) is 15.0 Å². The smallest absolute Gasteiger partial charge is 0.322 e. The van der Waals surface area contributed by atoms with Crippen LogP contribution in [0.1, 0.15) is 52.4 Å². The Morgan fingerprint density at radius 2 is 1.95 bits per heavy atom. The highest BCUT2D eigenvalue weighted by Crippen LogP contribution is 2.20. The van der Waals surface area contributed by atoms with Gasteiger partial charge < -0.3 is 9.64 Å². The molecule has 0 amide bonds. The van der Waals surface area contributed by atoms with Crippen LogP contribution >= 0.6 is 11.6 Å². The summed E-state index contributed by atoms with van der Waals surface area (Å²) in [5, 5.41) is 0.212. The Kier molecular flexibility index (Phi) is 6.49. The molecule has 1 aromatic heterocycles. The fraction of sp³-hybridized carbons (Fsp3) is 0.800. The number of anilines is 1. The lowest BCUT2D eigenvalue weighted by atomic mass is 10.0. The van der Waals surface area contributed by atoms with E-state index in [2.05, 4.69) is 33.7 Å². The van der Waals surface area contributed by atoms with E-state index >= 15 is 0 Å². The van der Waals surface area contributed by atoms with Gasteiger partial charge in [0.1, 0.15) is 0 Å². The first kappa shape index (κ1) is 16.3. The van der Waals surface area contributed by atoms with E-state index in [1.54, 1.807) is 0 Å². The zero-order chi connectivity index (χ0) is 15.1. The molecular formula is C15H25ClN4O. The molecule has 2 rings (SSSR count). The van der Waals surface area contributed by atoms with E-state index < -0.39 is 0 Å². The maximum absolute atomic E-state index is 5.99. The normalized spacial score (nSPS) is 16.2. The van der Waals surface area contributed by atoms with Gasteiger partial charge in [-0.2, -0.15) is 15.0 Å². The van der Waals surface area contributed by atoms with Crippen molar-refractivity contribution in [3.63, 3.8) is 0 Å². The molecule has 5 nitrogen and oxygen atoms in total. The molecule has 1 aliphatic heterocycles. The summed E-state index contributed by atoms with van der Waals surface area (Å²) in [6, 6.07) is 0.354. The van der Waals surface area contributed by atoms with Gasteiger partial charge in [0.15, 0.2) is 0 Å². The molecule has 21 heavy (non-hydrogen) atoms. The molecule has 1 saturated heterocycles. The van der Waals surface area contributed by atoms with E-state index in [1.165, 1.54) is 32.1 Å². The van der Waals surface area contributed by atoms with Crippen molar-refractivity contribution in [2.45, 2.75) is 52.4 Å². The third-order valence-corrected chi connectivity index (χ3v) is 4.13. The molecule has 0 aromatic carbocycles. The summed E-state index contributed by atoms with van der Waals surface area (Å²) in [5.41, 5.74) is 0. The van der Waals surface area contributed by atoms with E-state index in [4.69, 9.17) is 16.3 Å². The third-order valence-electron chi connectivity index (χ3n) is 3.96.